The lowest BCUT2D eigenvalue weighted by atomic mass is 10.1. The van der Waals surface area contributed by atoms with E-state index in [-0.39, 0.29) is 18.5 Å². The second-order valence-electron chi connectivity index (χ2n) is 6.53. The van der Waals surface area contributed by atoms with Crippen LogP contribution in [0.2, 0.25) is 0 Å². The van der Waals surface area contributed by atoms with E-state index in [1.807, 2.05) is 11.5 Å². The minimum atomic E-state index is -4.39. The van der Waals surface area contributed by atoms with Gasteiger partial charge in [-0.2, -0.15) is 18.7 Å². The van der Waals surface area contributed by atoms with Crippen molar-refractivity contribution in [1.29, 1.82) is 0 Å². The van der Waals surface area contributed by atoms with E-state index in [1.165, 1.54) is 12.1 Å². The number of nitrogens with one attached hydrogen (secondary N) is 1. The average Bonchev–Trinajstić information content (AvgIpc) is 3.11. The molecule has 2 N–H and O–H groups in total. The van der Waals surface area contributed by atoms with E-state index in [0.29, 0.717) is 22.8 Å². The predicted octanol–water partition coefficient (Wildman–Crippen LogP) is 4.97. The molecule has 0 spiro atoms. The van der Waals surface area contributed by atoms with Gasteiger partial charge in [0.1, 0.15) is 23.8 Å². The van der Waals surface area contributed by atoms with Crippen molar-refractivity contribution in [3.05, 3.63) is 71.1 Å². The van der Waals surface area contributed by atoms with Crippen LogP contribution in [0, 0.1) is 18.8 Å². The van der Waals surface area contributed by atoms with Crippen LogP contribution in [0.3, 0.4) is 0 Å². The number of ether oxygens (including phenoxy) is 1. The van der Waals surface area contributed by atoms with Gasteiger partial charge in [0.25, 0.3) is 0 Å². The maximum Gasteiger partial charge on any atom is 0.416 e. The first-order valence-corrected chi connectivity index (χ1v) is 9.04. The lowest BCUT2D eigenvalue weighted by Crippen LogP contribution is -2.19. The van der Waals surface area contributed by atoms with Gasteiger partial charge < -0.3 is 14.4 Å². The van der Waals surface area contributed by atoms with Gasteiger partial charge in [-0.15, -0.1) is 0 Å². The van der Waals surface area contributed by atoms with Gasteiger partial charge in [0.05, 0.1) is 11.6 Å². The number of hydrogen-bond acceptors (Lipinski definition) is 5. The summed E-state index contributed by atoms with van der Waals surface area (Å²) in [4.78, 5) is 4.34. The van der Waals surface area contributed by atoms with E-state index in [0.717, 1.165) is 17.7 Å². The maximum absolute atomic E-state index is 12.7. The molecule has 0 saturated carbocycles. The second-order valence-corrected chi connectivity index (χ2v) is 6.53. The molecule has 0 aliphatic carbocycles. The lowest BCUT2D eigenvalue weighted by molar-refractivity contribution is -0.137. The largest absolute Gasteiger partial charge is 0.487 e. The molecule has 5 nitrogen and oxygen atoms in total. The summed E-state index contributed by atoms with van der Waals surface area (Å²) >= 11 is 0. The SMILES string of the molecule is Cc1oc(-c2ccc(C(F)(F)F)cc2)nc1COc1cccc(C#CC(C)NO)c1. The Morgan fingerprint density at radius 1 is 1.20 bits per heavy atom. The normalized spacial score (nSPS) is 12.2. The van der Waals surface area contributed by atoms with Crippen LogP contribution in [0.5, 0.6) is 5.75 Å². The molecule has 0 radical (unpaired) electrons. The Morgan fingerprint density at radius 3 is 2.60 bits per heavy atom. The third-order valence-electron chi connectivity index (χ3n) is 4.19. The zero-order valence-electron chi connectivity index (χ0n) is 16.2. The third kappa shape index (κ3) is 5.41. The van der Waals surface area contributed by atoms with E-state index in [2.05, 4.69) is 16.8 Å². The molecule has 1 heterocycles. The molecule has 3 aromatic rings. The monoisotopic (exact) mass is 416 g/mol. The molecule has 0 amide bonds. The topological polar surface area (TPSA) is 67.5 Å². The molecule has 1 atom stereocenters. The summed E-state index contributed by atoms with van der Waals surface area (Å²) < 4.78 is 49.5. The number of oxazole rings is 1. The van der Waals surface area contributed by atoms with Crippen LogP contribution in [0.25, 0.3) is 11.5 Å². The Morgan fingerprint density at radius 2 is 1.93 bits per heavy atom. The van der Waals surface area contributed by atoms with Gasteiger partial charge in [-0.3, -0.25) is 0 Å². The number of benzene rings is 2. The van der Waals surface area contributed by atoms with Crippen LogP contribution in [0.4, 0.5) is 13.2 Å². The summed E-state index contributed by atoms with van der Waals surface area (Å²) in [6.07, 6.45) is -4.39. The predicted molar refractivity (Wildman–Crippen MR) is 104 cm³/mol. The van der Waals surface area contributed by atoms with Crippen molar-refractivity contribution in [2.24, 2.45) is 0 Å². The van der Waals surface area contributed by atoms with Crippen molar-refractivity contribution in [3.8, 4) is 29.0 Å². The lowest BCUT2D eigenvalue weighted by Gasteiger charge is -2.06. The molecule has 2 aromatic carbocycles. The molecule has 8 heteroatoms. The van der Waals surface area contributed by atoms with Gasteiger partial charge in [-0.1, -0.05) is 17.9 Å². The van der Waals surface area contributed by atoms with Crippen LogP contribution in [0.1, 0.15) is 29.5 Å². The van der Waals surface area contributed by atoms with Crippen molar-refractivity contribution < 1.29 is 27.5 Å². The van der Waals surface area contributed by atoms with E-state index in [1.54, 1.807) is 32.0 Å². The quantitative estimate of drug-likeness (QED) is 0.454. The summed E-state index contributed by atoms with van der Waals surface area (Å²) in [7, 11) is 0. The highest BCUT2D eigenvalue weighted by atomic mass is 19.4. The molecule has 0 bridgehead atoms. The summed E-state index contributed by atoms with van der Waals surface area (Å²) in [5.74, 6) is 7.07. The Bertz CT molecular complexity index is 1060. The molecule has 0 aliphatic rings. The summed E-state index contributed by atoms with van der Waals surface area (Å²) in [5, 5.41) is 8.79. The van der Waals surface area contributed by atoms with E-state index < -0.39 is 11.7 Å². The molecular weight excluding hydrogens is 397 g/mol. The highest BCUT2D eigenvalue weighted by Crippen LogP contribution is 2.31. The molecule has 0 fully saturated rings. The van der Waals surface area contributed by atoms with E-state index in [4.69, 9.17) is 14.4 Å². The number of alkyl halides is 3. The minimum Gasteiger partial charge on any atom is -0.487 e. The van der Waals surface area contributed by atoms with Crippen LogP contribution in [-0.4, -0.2) is 16.2 Å². The standard InChI is InChI=1S/C22H19F3N2O3/c1-14(27-28)6-7-16-4-3-5-19(12-16)29-13-20-15(2)30-21(26-20)17-8-10-18(11-9-17)22(23,24)25/h3-5,8-12,14,27-28H,13H2,1-2H3. The number of hydroxylamine groups is 1. The Kier molecular flexibility index (Phi) is 6.45. The molecule has 1 unspecified atom stereocenters. The zero-order chi connectivity index (χ0) is 21.7. The fourth-order valence-electron chi connectivity index (χ4n) is 2.53. The second kappa shape index (κ2) is 9.03. The number of aryl methyl sites for hydroxylation is 1. The summed E-state index contributed by atoms with van der Waals surface area (Å²) in [5.41, 5.74) is 3.02. The number of halogens is 3. The highest BCUT2D eigenvalue weighted by Gasteiger charge is 2.30. The van der Waals surface area contributed by atoms with E-state index >= 15 is 0 Å². The van der Waals surface area contributed by atoms with Crippen LogP contribution in [-0.2, 0) is 12.8 Å². The van der Waals surface area contributed by atoms with Crippen LogP contribution >= 0.6 is 0 Å². The highest BCUT2D eigenvalue weighted by molar-refractivity contribution is 5.54. The number of hydrogen-bond donors (Lipinski definition) is 2. The fourth-order valence-corrected chi connectivity index (χ4v) is 2.53. The molecule has 30 heavy (non-hydrogen) atoms. The van der Waals surface area contributed by atoms with E-state index in [9.17, 15) is 13.2 Å². The summed E-state index contributed by atoms with van der Waals surface area (Å²) in [6, 6.07) is 11.4. The van der Waals surface area contributed by atoms with Crippen molar-refractivity contribution in [2.45, 2.75) is 32.7 Å². The number of nitrogens with zero attached hydrogens (tertiary/aromatic N) is 1. The fraction of sp³-hybridized carbons (Fsp3) is 0.227. The maximum atomic E-state index is 12.7. The van der Waals surface area contributed by atoms with Crippen molar-refractivity contribution >= 4 is 0 Å². The van der Waals surface area contributed by atoms with Gasteiger partial charge in [-0.25, -0.2) is 4.98 Å². The molecule has 0 saturated heterocycles. The van der Waals surface area contributed by atoms with Gasteiger partial charge in [0.15, 0.2) is 0 Å². The Balaban J connectivity index is 1.70. The average molecular weight is 416 g/mol. The van der Waals surface area contributed by atoms with Crippen molar-refractivity contribution in [1.82, 2.24) is 10.5 Å². The molecular formula is C22H19F3N2O3. The third-order valence-corrected chi connectivity index (χ3v) is 4.19. The van der Waals surface area contributed by atoms with Crippen LogP contribution in [0.15, 0.2) is 52.9 Å². The van der Waals surface area contributed by atoms with Crippen LogP contribution < -0.4 is 10.2 Å². The number of aromatic nitrogens is 1. The zero-order valence-corrected chi connectivity index (χ0v) is 16.2. The molecule has 0 aliphatic heterocycles. The smallest absolute Gasteiger partial charge is 0.416 e. The molecule has 3 rings (SSSR count). The molecule has 1 aromatic heterocycles. The minimum absolute atomic E-state index is 0.126. The first-order chi connectivity index (χ1) is 14.3. The van der Waals surface area contributed by atoms with Gasteiger partial charge in [0.2, 0.25) is 5.89 Å². The Labute approximate surface area is 171 Å². The summed E-state index contributed by atoms with van der Waals surface area (Å²) in [6.45, 7) is 3.56. The number of rotatable bonds is 5. The first kappa shape index (κ1) is 21.4. The van der Waals surface area contributed by atoms with Gasteiger partial charge >= 0.3 is 6.18 Å². The first-order valence-electron chi connectivity index (χ1n) is 9.04. The van der Waals surface area contributed by atoms with Gasteiger partial charge in [-0.05, 0) is 56.3 Å². The van der Waals surface area contributed by atoms with Crippen molar-refractivity contribution in [3.63, 3.8) is 0 Å². The molecule has 156 valence electrons. The Hall–Kier alpha value is -3.28. The van der Waals surface area contributed by atoms with Crippen molar-refractivity contribution in [2.75, 3.05) is 0 Å². The van der Waals surface area contributed by atoms with Gasteiger partial charge in [0, 0.05) is 11.1 Å².